The predicted octanol–water partition coefficient (Wildman–Crippen LogP) is 4.71. The molecule has 0 saturated carbocycles. The minimum Gasteiger partial charge on any atom is -0.493 e. The van der Waals surface area contributed by atoms with Gasteiger partial charge in [0, 0.05) is 17.4 Å². The summed E-state index contributed by atoms with van der Waals surface area (Å²) in [6.07, 6.45) is 4.15. The number of carbonyl (C=O) groups is 1. The quantitative estimate of drug-likeness (QED) is 0.582. The summed E-state index contributed by atoms with van der Waals surface area (Å²) >= 11 is 0. The van der Waals surface area contributed by atoms with E-state index in [0.29, 0.717) is 24.5 Å². The first-order chi connectivity index (χ1) is 14.2. The lowest BCUT2D eigenvalue weighted by molar-refractivity contribution is -0.119. The lowest BCUT2D eigenvalue weighted by Crippen LogP contribution is -2.35. The third kappa shape index (κ3) is 4.46. The highest BCUT2D eigenvalue weighted by Gasteiger charge is 2.15. The van der Waals surface area contributed by atoms with Gasteiger partial charge < -0.3 is 13.9 Å². The second-order valence-electron chi connectivity index (χ2n) is 7.60. The molecule has 2 aromatic carbocycles. The third-order valence-corrected chi connectivity index (χ3v) is 5.50. The van der Waals surface area contributed by atoms with Crippen LogP contribution in [-0.4, -0.2) is 44.5 Å². The molecule has 1 aliphatic heterocycles. The molecule has 5 nitrogen and oxygen atoms in total. The van der Waals surface area contributed by atoms with Gasteiger partial charge in [-0.3, -0.25) is 9.69 Å². The molecule has 2 heterocycles. The summed E-state index contributed by atoms with van der Waals surface area (Å²) in [7, 11) is 3.24. The van der Waals surface area contributed by atoms with Crippen LogP contribution in [0.15, 0.2) is 46.9 Å². The number of carbonyl (C=O) groups excluding carboxylic acids is 1. The molecular formula is C24H27NO4. The van der Waals surface area contributed by atoms with Crippen LogP contribution in [0.3, 0.4) is 0 Å². The SMILES string of the molecule is COc1ccc(-c2cc3cc(CC(=O)CN4CCCCC4)ccc3o2)cc1OC. The van der Waals surface area contributed by atoms with E-state index in [0.717, 1.165) is 40.9 Å². The third-order valence-electron chi connectivity index (χ3n) is 5.50. The van der Waals surface area contributed by atoms with Gasteiger partial charge in [-0.2, -0.15) is 0 Å². The van der Waals surface area contributed by atoms with Crippen LogP contribution in [-0.2, 0) is 11.2 Å². The Bertz CT molecular complexity index is 1000. The van der Waals surface area contributed by atoms with Gasteiger partial charge in [-0.05, 0) is 67.9 Å². The number of Topliss-reactive ketones (excluding diaryl/α,β-unsaturated/α-hetero) is 1. The van der Waals surface area contributed by atoms with Crippen molar-refractivity contribution in [2.75, 3.05) is 33.9 Å². The molecule has 1 fully saturated rings. The number of hydrogen-bond acceptors (Lipinski definition) is 5. The Labute approximate surface area is 171 Å². The van der Waals surface area contributed by atoms with Crippen molar-refractivity contribution >= 4 is 16.8 Å². The number of nitrogens with zero attached hydrogens (tertiary/aromatic N) is 1. The molecule has 0 spiro atoms. The highest BCUT2D eigenvalue weighted by Crippen LogP contribution is 2.35. The van der Waals surface area contributed by atoms with Crippen LogP contribution in [0, 0.1) is 0 Å². The summed E-state index contributed by atoms with van der Waals surface area (Å²) in [5, 5.41) is 0.998. The molecule has 1 saturated heterocycles. The van der Waals surface area contributed by atoms with Gasteiger partial charge >= 0.3 is 0 Å². The van der Waals surface area contributed by atoms with Gasteiger partial charge in [0.25, 0.3) is 0 Å². The average Bonchev–Trinajstić information content (AvgIpc) is 3.17. The number of ether oxygens (including phenoxy) is 2. The highest BCUT2D eigenvalue weighted by atomic mass is 16.5. The van der Waals surface area contributed by atoms with Crippen molar-refractivity contribution in [1.82, 2.24) is 4.90 Å². The van der Waals surface area contributed by atoms with E-state index >= 15 is 0 Å². The minimum absolute atomic E-state index is 0.273. The Balaban J connectivity index is 1.51. The van der Waals surface area contributed by atoms with E-state index in [9.17, 15) is 4.79 Å². The first-order valence-electron chi connectivity index (χ1n) is 10.1. The van der Waals surface area contributed by atoms with E-state index in [2.05, 4.69) is 11.0 Å². The number of furan rings is 1. The molecule has 0 atom stereocenters. The van der Waals surface area contributed by atoms with E-state index in [1.54, 1.807) is 14.2 Å². The smallest absolute Gasteiger partial charge is 0.161 e. The van der Waals surface area contributed by atoms with Gasteiger partial charge in [-0.15, -0.1) is 0 Å². The van der Waals surface area contributed by atoms with Gasteiger partial charge in [0.15, 0.2) is 17.3 Å². The molecule has 152 valence electrons. The molecule has 29 heavy (non-hydrogen) atoms. The maximum absolute atomic E-state index is 12.5. The van der Waals surface area contributed by atoms with E-state index < -0.39 is 0 Å². The zero-order valence-electron chi connectivity index (χ0n) is 17.1. The average molecular weight is 393 g/mol. The number of ketones is 1. The van der Waals surface area contributed by atoms with Crippen molar-refractivity contribution in [3.63, 3.8) is 0 Å². The molecule has 0 bridgehead atoms. The number of methoxy groups -OCH3 is 2. The molecule has 1 aliphatic rings. The predicted molar refractivity (Wildman–Crippen MR) is 114 cm³/mol. The van der Waals surface area contributed by atoms with Crippen LogP contribution in [0.5, 0.6) is 11.5 Å². The van der Waals surface area contributed by atoms with Crippen molar-refractivity contribution in [3.05, 3.63) is 48.0 Å². The van der Waals surface area contributed by atoms with Crippen LogP contribution in [0.4, 0.5) is 0 Å². The van der Waals surface area contributed by atoms with Gasteiger partial charge in [-0.1, -0.05) is 12.5 Å². The minimum atomic E-state index is 0.273. The van der Waals surface area contributed by atoms with Gasteiger partial charge in [0.1, 0.15) is 11.3 Å². The molecule has 0 N–H and O–H groups in total. The summed E-state index contributed by atoms with van der Waals surface area (Å²) in [5.41, 5.74) is 2.75. The zero-order chi connectivity index (χ0) is 20.2. The standard InChI is InChI=1S/C24H27NO4/c1-27-22-9-7-18(14-24(22)28-2)23-15-19-12-17(6-8-21(19)29-23)13-20(26)16-25-10-4-3-5-11-25/h6-9,12,14-15H,3-5,10-11,13,16H2,1-2H3. The molecular weight excluding hydrogens is 366 g/mol. The van der Waals surface area contributed by atoms with E-state index in [4.69, 9.17) is 13.9 Å². The maximum Gasteiger partial charge on any atom is 0.161 e. The number of benzene rings is 2. The van der Waals surface area contributed by atoms with E-state index in [-0.39, 0.29) is 5.78 Å². The summed E-state index contributed by atoms with van der Waals surface area (Å²) in [6.45, 7) is 2.64. The van der Waals surface area contributed by atoms with Gasteiger partial charge in [0.05, 0.1) is 20.8 Å². The molecule has 0 amide bonds. The number of piperidine rings is 1. The topological polar surface area (TPSA) is 51.9 Å². The molecule has 0 aliphatic carbocycles. The van der Waals surface area contributed by atoms with Gasteiger partial charge in [0.2, 0.25) is 0 Å². The number of likely N-dealkylation sites (tertiary alicyclic amines) is 1. The Morgan fingerprint density at radius 2 is 1.76 bits per heavy atom. The zero-order valence-corrected chi connectivity index (χ0v) is 17.1. The lowest BCUT2D eigenvalue weighted by atomic mass is 10.1. The molecule has 3 aromatic rings. The van der Waals surface area contributed by atoms with E-state index in [1.165, 1.54) is 19.3 Å². The molecule has 0 unspecified atom stereocenters. The second-order valence-corrected chi connectivity index (χ2v) is 7.60. The van der Waals surface area contributed by atoms with Crippen molar-refractivity contribution < 1.29 is 18.7 Å². The van der Waals surface area contributed by atoms with Crippen LogP contribution in [0.2, 0.25) is 0 Å². The van der Waals surface area contributed by atoms with Crippen molar-refractivity contribution in [2.24, 2.45) is 0 Å². The summed E-state index contributed by atoms with van der Waals surface area (Å²) < 4.78 is 16.7. The molecule has 0 radical (unpaired) electrons. The van der Waals surface area contributed by atoms with Gasteiger partial charge in [-0.25, -0.2) is 0 Å². The maximum atomic E-state index is 12.5. The fourth-order valence-corrected chi connectivity index (χ4v) is 3.99. The first kappa shape index (κ1) is 19.5. The highest BCUT2D eigenvalue weighted by molar-refractivity contribution is 5.87. The molecule has 5 heteroatoms. The summed E-state index contributed by atoms with van der Waals surface area (Å²) in [5.74, 6) is 2.38. The van der Waals surface area contributed by atoms with Crippen LogP contribution < -0.4 is 9.47 Å². The number of hydrogen-bond donors (Lipinski definition) is 0. The molecule has 4 rings (SSSR count). The van der Waals surface area contributed by atoms with Crippen LogP contribution in [0.1, 0.15) is 24.8 Å². The largest absolute Gasteiger partial charge is 0.493 e. The monoisotopic (exact) mass is 393 g/mol. The number of rotatable bonds is 7. The van der Waals surface area contributed by atoms with Crippen molar-refractivity contribution in [3.8, 4) is 22.8 Å². The van der Waals surface area contributed by atoms with Crippen molar-refractivity contribution in [2.45, 2.75) is 25.7 Å². The number of fused-ring (bicyclic) bond motifs is 1. The summed E-state index contributed by atoms with van der Waals surface area (Å²) in [4.78, 5) is 14.8. The summed E-state index contributed by atoms with van der Waals surface area (Å²) in [6, 6.07) is 13.7. The second kappa shape index (κ2) is 8.70. The molecule has 1 aromatic heterocycles. The Morgan fingerprint density at radius 3 is 2.52 bits per heavy atom. The fraction of sp³-hybridized carbons (Fsp3) is 0.375. The lowest BCUT2D eigenvalue weighted by Gasteiger charge is -2.25. The van der Waals surface area contributed by atoms with Crippen molar-refractivity contribution in [1.29, 1.82) is 0 Å². The van der Waals surface area contributed by atoms with Crippen LogP contribution in [0.25, 0.3) is 22.3 Å². The first-order valence-corrected chi connectivity index (χ1v) is 10.1. The van der Waals surface area contributed by atoms with Crippen LogP contribution >= 0.6 is 0 Å². The Kier molecular flexibility index (Phi) is 5.86. The van der Waals surface area contributed by atoms with E-state index in [1.807, 2.05) is 36.4 Å². The fourth-order valence-electron chi connectivity index (χ4n) is 3.99. The Morgan fingerprint density at radius 1 is 0.966 bits per heavy atom. The normalized spacial score (nSPS) is 14.8. The Hall–Kier alpha value is -2.79.